The van der Waals surface area contributed by atoms with Crippen molar-refractivity contribution < 1.29 is 4.79 Å². The van der Waals surface area contributed by atoms with Crippen LogP contribution in [-0.4, -0.2) is 46.3 Å². The zero-order valence-corrected chi connectivity index (χ0v) is 12.9. The minimum absolute atomic E-state index is 0.345. The molecule has 0 saturated heterocycles. The fraction of sp³-hybridized carbons (Fsp3) is 0.429. The van der Waals surface area contributed by atoms with Gasteiger partial charge in [0, 0.05) is 64.3 Å². The molecular weight excluding hydrogens is 282 g/mol. The summed E-state index contributed by atoms with van der Waals surface area (Å²) in [5, 5.41) is 4.25. The Hall–Kier alpha value is -2.64. The van der Waals surface area contributed by atoms with Gasteiger partial charge in [0.15, 0.2) is 17.3 Å². The van der Waals surface area contributed by atoms with Gasteiger partial charge in [-0.2, -0.15) is 5.10 Å². The molecule has 0 bridgehead atoms. The first kappa shape index (κ1) is 14.3. The number of fused-ring (bicyclic) bond motifs is 1. The lowest BCUT2D eigenvalue weighted by atomic mass is 10.0. The van der Waals surface area contributed by atoms with Crippen LogP contribution in [0.2, 0.25) is 0 Å². The number of anilines is 2. The number of nitrogens with two attached hydrogens (primary N) is 1. The maximum atomic E-state index is 11.6. The number of carbonyl (C=O) groups excluding carboxylic acids is 1. The predicted octanol–water partition coefficient (Wildman–Crippen LogP) is -0.0623. The predicted molar refractivity (Wildman–Crippen MR) is 82.8 cm³/mol. The molecule has 116 valence electrons. The Morgan fingerprint density at radius 3 is 2.73 bits per heavy atom. The van der Waals surface area contributed by atoms with E-state index in [1.54, 1.807) is 17.1 Å². The third-order valence-electron chi connectivity index (χ3n) is 3.86. The summed E-state index contributed by atoms with van der Waals surface area (Å²) in [6, 6.07) is 0. The molecule has 3 heterocycles. The molecule has 0 aromatic carbocycles. The number of carbonyl (C=O) groups is 1. The minimum atomic E-state index is -0.495. The number of rotatable bonds is 3. The van der Waals surface area contributed by atoms with Gasteiger partial charge in [-0.25, -0.2) is 9.97 Å². The van der Waals surface area contributed by atoms with Crippen LogP contribution in [0.1, 0.15) is 21.7 Å². The van der Waals surface area contributed by atoms with Crippen molar-refractivity contribution in [3.8, 4) is 0 Å². The summed E-state index contributed by atoms with van der Waals surface area (Å²) in [6.07, 6.45) is 4.14. The zero-order valence-electron chi connectivity index (χ0n) is 12.9. The molecular formula is C14H19N7O. The summed E-state index contributed by atoms with van der Waals surface area (Å²) >= 11 is 0. The summed E-state index contributed by atoms with van der Waals surface area (Å²) in [6.45, 7) is 1.35. The Bertz CT molecular complexity index is 722. The third-order valence-corrected chi connectivity index (χ3v) is 3.86. The van der Waals surface area contributed by atoms with Crippen molar-refractivity contribution in [2.45, 2.75) is 13.0 Å². The largest absolute Gasteiger partial charge is 0.364 e. The molecule has 1 aliphatic rings. The second-order valence-electron chi connectivity index (χ2n) is 5.53. The molecule has 2 aromatic rings. The van der Waals surface area contributed by atoms with Gasteiger partial charge in [0.25, 0.3) is 5.91 Å². The maximum absolute atomic E-state index is 11.6. The van der Waals surface area contributed by atoms with Gasteiger partial charge in [0.05, 0.1) is 0 Å². The number of nitrogens with zero attached hydrogens (tertiary/aromatic N) is 6. The van der Waals surface area contributed by atoms with E-state index in [1.165, 1.54) is 0 Å². The Balaban J connectivity index is 2.00. The summed E-state index contributed by atoms with van der Waals surface area (Å²) < 4.78 is 1.75. The normalized spacial score (nSPS) is 13.9. The standard InChI is InChI=1S/C14H19N7O/c1-19(2)13-14(17-6-5-16-13)21-7-4-10-9(8-21)11(12(15)22)18-20(10)3/h5-6H,4,7-8H2,1-3H3,(H2,15,22). The van der Waals surface area contributed by atoms with E-state index in [0.29, 0.717) is 12.2 Å². The van der Waals surface area contributed by atoms with Crippen LogP contribution >= 0.6 is 0 Å². The van der Waals surface area contributed by atoms with Gasteiger partial charge in [0.2, 0.25) is 0 Å². The molecule has 8 nitrogen and oxygen atoms in total. The lowest BCUT2D eigenvalue weighted by Crippen LogP contribution is -2.34. The van der Waals surface area contributed by atoms with E-state index in [2.05, 4.69) is 20.0 Å². The number of aromatic nitrogens is 4. The molecule has 8 heteroatoms. The SMILES string of the molecule is CN(C)c1nccnc1N1CCc2c(c(C(N)=O)nn2C)C1. The molecule has 0 spiro atoms. The highest BCUT2D eigenvalue weighted by atomic mass is 16.1. The van der Waals surface area contributed by atoms with Crippen molar-refractivity contribution in [1.82, 2.24) is 19.7 Å². The monoisotopic (exact) mass is 301 g/mol. The Kier molecular flexibility index (Phi) is 3.44. The fourth-order valence-corrected chi connectivity index (χ4v) is 2.83. The molecule has 0 atom stereocenters. The van der Waals surface area contributed by atoms with Gasteiger partial charge in [-0.05, 0) is 0 Å². The van der Waals surface area contributed by atoms with Crippen LogP contribution in [0.15, 0.2) is 12.4 Å². The Morgan fingerprint density at radius 2 is 2.05 bits per heavy atom. The lowest BCUT2D eigenvalue weighted by Gasteiger charge is -2.30. The molecule has 3 rings (SSSR count). The van der Waals surface area contributed by atoms with E-state index < -0.39 is 5.91 Å². The molecule has 22 heavy (non-hydrogen) atoms. The molecule has 2 aromatic heterocycles. The fourth-order valence-electron chi connectivity index (χ4n) is 2.83. The van der Waals surface area contributed by atoms with E-state index in [1.807, 2.05) is 26.0 Å². The maximum Gasteiger partial charge on any atom is 0.269 e. The van der Waals surface area contributed by atoms with Crippen molar-refractivity contribution in [1.29, 1.82) is 0 Å². The zero-order chi connectivity index (χ0) is 15.9. The van der Waals surface area contributed by atoms with Gasteiger partial charge in [-0.15, -0.1) is 0 Å². The summed E-state index contributed by atoms with van der Waals surface area (Å²) in [4.78, 5) is 24.5. The van der Waals surface area contributed by atoms with Crippen LogP contribution in [0, 0.1) is 0 Å². The smallest absolute Gasteiger partial charge is 0.269 e. The quantitative estimate of drug-likeness (QED) is 0.853. The number of amides is 1. The minimum Gasteiger partial charge on any atom is -0.364 e. The van der Waals surface area contributed by atoms with Gasteiger partial charge in [-0.3, -0.25) is 9.48 Å². The number of aryl methyl sites for hydroxylation is 1. The summed E-state index contributed by atoms with van der Waals surface area (Å²) in [7, 11) is 5.71. The number of primary amides is 1. The molecule has 0 unspecified atom stereocenters. The first-order valence-corrected chi connectivity index (χ1v) is 7.07. The molecule has 0 radical (unpaired) electrons. The van der Waals surface area contributed by atoms with Gasteiger partial charge >= 0.3 is 0 Å². The second-order valence-corrected chi connectivity index (χ2v) is 5.53. The molecule has 1 aliphatic heterocycles. The Morgan fingerprint density at radius 1 is 1.32 bits per heavy atom. The average molecular weight is 301 g/mol. The van der Waals surface area contributed by atoms with Crippen molar-refractivity contribution in [3.05, 3.63) is 29.3 Å². The van der Waals surface area contributed by atoms with E-state index in [0.717, 1.165) is 35.9 Å². The van der Waals surface area contributed by atoms with Crippen molar-refractivity contribution >= 4 is 17.5 Å². The van der Waals surface area contributed by atoms with Crippen molar-refractivity contribution in [3.63, 3.8) is 0 Å². The first-order valence-electron chi connectivity index (χ1n) is 7.07. The topological polar surface area (TPSA) is 93.2 Å². The highest BCUT2D eigenvalue weighted by Crippen LogP contribution is 2.29. The highest BCUT2D eigenvalue weighted by molar-refractivity contribution is 5.92. The highest BCUT2D eigenvalue weighted by Gasteiger charge is 2.28. The van der Waals surface area contributed by atoms with Crippen LogP contribution in [-0.2, 0) is 20.0 Å². The molecule has 1 amide bonds. The number of hydrogen-bond acceptors (Lipinski definition) is 6. The van der Waals surface area contributed by atoms with Crippen LogP contribution in [0.4, 0.5) is 11.6 Å². The molecule has 0 saturated carbocycles. The van der Waals surface area contributed by atoms with Crippen molar-refractivity contribution in [2.24, 2.45) is 12.8 Å². The van der Waals surface area contributed by atoms with Crippen molar-refractivity contribution in [2.75, 3.05) is 30.4 Å². The van der Waals surface area contributed by atoms with Crippen LogP contribution in [0.5, 0.6) is 0 Å². The lowest BCUT2D eigenvalue weighted by molar-refractivity contribution is 0.0994. The van der Waals surface area contributed by atoms with E-state index >= 15 is 0 Å². The molecule has 2 N–H and O–H groups in total. The van der Waals surface area contributed by atoms with Gasteiger partial charge in [-0.1, -0.05) is 0 Å². The number of hydrogen-bond donors (Lipinski definition) is 1. The van der Waals surface area contributed by atoms with E-state index in [4.69, 9.17) is 5.73 Å². The van der Waals surface area contributed by atoms with Crippen LogP contribution in [0.25, 0.3) is 0 Å². The van der Waals surface area contributed by atoms with Crippen LogP contribution in [0.3, 0.4) is 0 Å². The Labute approximate surface area is 128 Å². The van der Waals surface area contributed by atoms with Gasteiger partial charge < -0.3 is 15.5 Å². The third kappa shape index (κ3) is 2.26. The van der Waals surface area contributed by atoms with E-state index in [9.17, 15) is 4.79 Å². The van der Waals surface area contributed by atoms with E-state index in [-0.39, 0.29) is 0 Å². The molecule has 0 aliphatic carbocycles. The summed E-state index contributed by atoms with van der Waals surface area (Å²) in [5.41, 5.74) is 7.73. The first-order chi connectivity index (χ1) is 10.5. The molecule has 0 fully saturated rings. The average Bonchev–Trinajstić information content (AvgIpc) is 2.84. The summed E-state index contributed by atoms with van der Waals surface area (Å²) in [5.74, 6) is 1.11. The van der Waals surface area contributed by atoms with Crippen LogP contribution < -0.4 is 15.5 Å². The van der Waals surface area contributed by atoms with Gasteiger partial charge in [0.1, 0.15) is 0 Å². The second kappa shape index (κ2) is 5.28.